The van der Waals surface area contributed by atoms with Crippen molar-refractivity contribution in [3.63, 3.8) is 0 Å². The summed E-state index contributed by atoms with van der Waals surface area (Å²) in [6.07, 6.45) is 2.88. The first-order valence-electron chi connectivity index (χ1n) is 7.63. The third kappa shape index (κ3) is 4.17. The number of hydrogen-bond acceptors (Lipinski definition) is 4. The van der Waals surface area contributed by atoms with Gasteiger partial charge in [0.05, 0.1) is 5.56 Å². The topological polar surface area (TPSA) is 48.5 Å². The molecule has 1 unspecified atom stereocenters. The van der Waals surface area contributed by atoms with Crippen LogP contribution in [0.2, 0.25) is 0 Å². The van der Waals surface area contributed by atoms with Gasteiger partial charge in [0, 0.05) is 39.4 Å². The quantitative estimate of drug-likeness (QED) is 0.900. The molecule has 0 saturated carbocycles. The second kappa shape index (κ2) is 6.89. The van der Waals surface area contributed by atoms with Gasteiger partial charge in [0.2, 0.25) is 0 Å². The molecule has 21 heavy (non-hydrogen) atoms. The van der Waals surface area contributed by atoms with Gasteiger partial charge in [0.25, 0.3) is 5.91 Å². The van der Waals surface area contributed by atoms with Gasteiger partial charge in [-0.05, 0) is 44.9 Å². The molecular weight excluding hydrogens is 264 g/mol. The maximum absolute atomic E-state index is 11.8. The third-order valence-electron chi connectivity index (χ3n) is 4.04. The van der Waals surface area contributed by atoms with Crippen LogP contribution in [0.15, 0.2) is 18.3 Å². The fourth-order valence-corrected chi connectivity index (χ4v) is 2.63. The first-order chi connectivity index (χ1) is 9.97. The molecule has 0 spiro atoms. The lowest BCUT2D eigenvalue weighted by atomic mass is 10.1. The Morgan fingerprint density at radius 1 is 1.48 bits per heavy atom. The van der Waals surface area contributed by atoms with Crippen LogP contribution in [0.3, 0.4) is 0 Å². The predicted molar refractivity (Wildman–Crippen MR) is 85.6 cm³/mol. The molecule has 1 N–H and O–H groups in total. The zero-order valence-corrected chi connectivity index (χ0v) is 13.5. The largest absolute Gasteiger partial charge is 0.370 e. The van der Waals surface area contributed by atoms with Crippen LogP contribution in [-0.4, -0.2) is 60.5 Å². The summed E-state index contributed by atoms with van der Waals surface area (Å²) in [7, 11) is 3.49. The monoisotopic (exact) mass is 290 g/mol. The number of nitrogens with one attached hydrogen (secondary N) is 1. The maximum atomic E-state index is 11.8. The lowest BCUT2D eigenvalue weighted by Crippen LogP contribution is -2.29. The van der Waals surface area contributed by atoms with Crippen molar-refractivity contribution in [1.29, 1.82) is 0 Å². The molecule has 2 heterocycles. The summed E-state index contributed by atoms with van der Waals surface area (Å²) in [6, 6.07) is 4.34. The first kappa shape index (κ1) is 15.8. The summed E-state index contributed by atoms with van der Waals surface area (Å²) in [6.45, 7) is 7.78. The summed E-state index contributed by atoms with van der Waals surface area (Å²) < 4.78 is 0. The van der Waals surface area contributed by atoms with E-state index in [0.717, 1.165) is 18.9 Å². The van der Waals surface area contributed by atoms with E-state index in [4.69, 9.17) is 0 Å². The number of carbonyl (C=O) groups excluding carboxylic acids is 1. The van der Waals surface area contributed by atoms with Gasteiger partial charge in [0.1, 0.15) is 5.82 Å². The van der Waals surface area contributed by atoms with Gasteiger partial charge in [0.15, 0.2) is 0 Å². The summed E-state index contributed by atoms with van der Waals surface area (Å²) >= 11 is 0. The number of carbonyl (C=O) groups is 1. The zero-order chi connectivity index (χ0) is 15.4. The molecule has 5 nitrogen and oxygen atoms in total. The summed E-state index contributed by atoms with van der Waals surface area (Å²) in [5.74, 6) is 1.50. The Bertz CT molecular complexity index is 470. The lowest BCUT2D eigenvalue weighted by Gasteiger charge is -2.20. The van der Waals surface area contributed by atoms with E-state index in [0.29, 0.717) is 17.5 Å². The minimum absolute atomic E-state index is 0.0163. The SMILES string of the molecule is CC(C)N1CCC(CNc2ccc(C(=O)N(C)C)cn2)C1. The molecule has 0 bridgehead atoms. The normalized spacial score (nSPS) is 19.0. The Morgan fingerprint density at radius 2 is 2.24 bits per heavy atom. The Balaban J connectivity index is 1.83. The predicted octanol–water partition coefficient (Wildman–Crippen LogP) is 1.93. The molecule has 0 aliphatic carbocycles. The number of amides is 1. The van der Waals surface area contributed by atoms with Crippen LogP contribution in [0.1, 0.15) is 30.6 Å². The van der Waals surface area contributed by atoms with Crippen LogP contribution in [0.25, 0.3) is 0 Å². The number of nitrogens with zero attached hydrogens (tertiary/aromatic N) is 3. The Kier molecular flexibility index (Phi) is 5.17. The van der Waals surface area contributed by atoms with Crippen molar-refractivity contribution in [3.05, 3.63) is 23.9 Å². The van der Waals surface area contributed by atoms with Crippen molar-refractivity contribution >= 4 is 11.7 Å². The standard InChI is InChI=1S/C16H26N4O/c1-12(2)20-8-7-13(11-20)9-17-15-6-5-14(10-18-15)16(21)19(3)4/h5-6,10,12-13H,7-9,11H2,1-4H3,(H,17,18). The summed E-state index contributed by atoms with van der Waals surface area (Å²) in [5.41, 5.74) is 0.623. The molecule has 2 rings (SSSR count). The molecule has 1 aromatic heterocycles. The molecule has 1 aromatic rings. The second-order valence-corrected chi connectivity index (χ2v) is 6.26. The average Bonchev–Trinajstić information content (AvgIpc) is 2.94. The lowest BCUT2D eigenvalue weighted by molar-refractivity contribution is 0.0827. The molecule has 0 radical (unpaired) electrons. The Hall–Kier alpha value is -1.62. The Labute approximate surface area is 127 Å². The van der Waals surface area contributed by atoms with Gasteiger partial charge in [-0.1, -0.05) is 0 Å². The first-order valence-corrected chi connectivity index (χ1v) is 7.63. The van der Waals surface area contributed by atoms with E-state index in [1.54, 1.807) is 25.2 Å². The molecule has 1 fully saturated rings. The maximum Gasteiger partial charge on any atom is 0.254 e. The molecule has 1 aliphatic heterocycles. The second-order valence-electron chi connectivity index (χ2n) is 6.26. The van der Waals surface area contributed by atoms with E-state index in [1.807, 2.05) is 12.1 Å². The zero-order valence-electron chi connectivity index (χ0n) is 13.5. The molecule has 5 heteroatoms. The van der Waals surface area contributed by atoms with E-state index in [-0.39, 0.29) is 5.91 Å². The van der Waals surface area contributed by atoms with Crippen LogP contribution in [0.5, 0.6) is 0 Å². The third-order valence-corrected chi connectivity index (χ3v) is 4.04. The fourth-order valence-electron chi connectivity index (χ4n) is 2.63. The van der Waals surface area contributed by atoms with Gasteiger partial charge >= 0.3 is 0 Å². The highest BCUT2D eigenvalue weighted by Gasteiger charge is 2.23. The van der Waals surface area contributed by atoms with Gasteiger partial charge in [-0.2, -0.15) is 0 Å². The molecule has 1 amide bonds. The summed E-state index contributed by atoms with van der Waals surface area (Å²) in [5, 5.41) is 3.38. The number of likely N-dealkylation sites (tertiary alicyclic amines) is 1. The van der Waals surface area contributed by atoms with Crippen LogP contribution < -0.4 is 5.32 Å². The molecule has 0 aromatic carbocycles. The van der Waals surface area contributed by atoms with E-state index in [1.165, 1.54) is 13.0 Å². The number of anilines is 1. The van der Waals surface area contributed by atoms with Crippen molar-refractivity contribution in [3.8, 4) is 0 Å². The van der Waals surface area contributed by atoms with E-state index in [2.05, 4.69) is 29.0 Å². The van der Waals surface area contributed by atoms with Crippen LogP contribution in [-0.2, 0) is 0 Å². The smallest absolute Gasteiger partial charge is 0.254 e. The number of hydrogen-bond donors (Lipinski definition) is 1. The van der Waals surface area contributed by atoms with Crippen LogP contribution in [0.4, 0.5) is 5.82 Å². The van der Waals surface area contributed by atoms with Gasteiger partial charge in [-0.25, -0.2) is 4.98 Å². The van der Waals surface area contributed by atoms with Crippen molar-refractivity contribution in [1.82, 2.24) is 14.8 Å². The number of rotatable bonds is 5. The number of aromatic nitrogens is 1. The van der Waals surface area contributed by atoms with Crippen LogP contribution in [0, 0.1) is 5.92 Å². The van der Waals surface area contributed by atoms with Gasteiger partial charge in [-0.15, -0.1) is 0 Å². The van der Waals surface area contributed by atoms with Gasteiger partial charge < -0.3 is 15.1 Å². The van der Waals surface area contributed by atoms with Crippen molar-refractivity contribution in [2.24, 2.45) is 5.92 Å². The highest BCUT2D eigenvalue weighted by atomic mass is 16.2. The highest BCUT2D eigenvalue weighted by molar-refractivity contribution is 5.93. The molecular formula is C16H26N4O. The van der Waals surface area contributed by atoms with E-state index < -0.39 is 0 Å². The van der Waals surface area contributed by atoms with E-state index >= 15 is 0 Å². The van der Waals surface area contributed by atoms with Crippen molar-refractivity contribution in [2.45, 2.75) is 26.3 Å². The summed E-state index contributed by atoms with van der Waals surface area (Å²) in [4.78, 5) is 20.2. The van der Waals surface area contributed by atoms with Crippen molar-refractivity contribution in [2.75, 3.05) is 39.0 Å². The van der Waals surface area contributed by atoms with Crippen LogP contribution >= 0.6 is 0 Å². The highest BCUT2D eigenvalue weighted by Crippen LogP contribution is 2.19. The fraction of sp³-hybridized carbons (Fsp3) is 0.625. The minimum atomic E-state index is -0.0163. The van der Waals surface area contributed by atoms with E-state index in [9.17, 15) is 4.79 Å². The molecule has 1 aliphatic rings. The average molecular weight is 290 g/mol. The Morgan fingerprint density at radius 3 is 2.76 bits per heavy atom. The molecule has 1 atom stereocenters. The van der Waals surface area contributed by atoms with Gasteiger partial charge in [-0.3, -0.25) is 4.79 Å². The molecule has 1 saturated heterocycles. The molecule has 116 valence electrons. The number of pyridine rings is 1. The minimum Gasteiger partial charge on any atom is -0.370 e. The van der Waals surface area contributed by atoms with Crippen molar-refractivity contribution < 1.29 is 4.79 Å².